The van der Waals surface area contributed by atoms with Crippen molar-refractivity contribution in [3.8, 4) is 0 Å². The van der Waals surface area contributed by atoms with Gasteiger partial charge in [-0.2, -0.15) is 11.3 Å². The van der Waals surface area contributed by atoms with Crippen molar-refractivity contribution in [2.24, 2.45) is 17.8 Å². The highest BCUT2D eigenvalue weighted by Gasteiger charge is 2.51. The molecule has 4 bridgehead atoms. The normalized spacial score (nSPS) is 37.5. The smallest absolute Gasteiger partial charge is 0.315 e. The molecule has 5 fully saturated rings. The van der Waals surface area contributed by atoms with Gasteiger partial charge >= 0.3 is 6.03 Å². The number of carbonyl (C=O) groups is 1. The summed E-state index contributed by atoms with van der Waals surface area (Å²) in [7, 11) is 0. The fraction of sp³-hybridized carbons (Fsp3) is 0.750. The van der Waals surface area contributed by atoms with Crippen LogP contribution in [0.1, 0.15) is 56.6 Å². The van der Waals surface area contributed by atoms with Gasteiger partial charge in [-0.15, -0.1) is 0 Å². The van der Waals surface area contributed by atoms with Gasteiger partial charge < -0.3 is 10.6 Å². The molecule has 1 saturated heterocycles. The lowest BCUT2D eigenvalue weighted by Gasteiger charge is -2.56. The Kier molecular flexibility index (Phi) is 4.05. The molecule has 1 atom stereocenters. The van der Waals surface area contributed by atoms with Crippen LogP contribution in [0.4, 0.5) is 4.79 Å². The topological polar surface area (TPSA) is 44.4 Å². The second-order valence-corrected chi connectivity index (χ2v) is 9.77. The highest BCUT2D eigenvalue weighted by molar-refractivity contribution is 7.07. The Balaban J connectivity index is 1.20. The quantitative estimate of drug-likeness (QED) is 0.841. The number of hydrogen-bond donors (Lipinski definition) is 2. The maximum atomic E-state index is 12.7. The summed E-state index contributed by atoms with van der Waals surface area (Å²) < 4.78 is 0. The van der Waals surface area contributed by atoms with Gasteiger partial charge in [0.05, 0.1) is 6.04 Å². The van der Waals surface area contributed by atoms with Crippen LogP contribution in [0.3, 0.4) is 0 Å². The van der Waals surface area contributed by atoms with Crippen LogP contribution in [0, 0.1) is 17.8 Å². The first-order chi connectivity index (χ1) is 12.2. The van der Waals surface area contributed by atoms with Gasteiger partial charge in [0.1, 0.15) is 0 Å². The largest absolute Gasteiger partial charge is 0.336 e. The van der Waals surface area contributed by atoms with E-state index in [1.54, 1.807) is 11.3 Å². The van der Waals surface area contributed by atoms with Crippen LogP contribution in [0.5, 0.6) is 0 Å². The monoisotopic (exact) mass is 359 g/mol. The van der Waals surface area contributed by atoms with Crippen LogP contribution in [-0.4, -0.2) is 36.1 Å². The van der Waals surface area contributed by atoms with E-state index in [4.69, 9.17) is 0 Å². The number of hydrogen-bond acceptors (Lipinski definition) is 3. The Morgan fingerprint density at radius 3 is 2.40 bits per heavy atom. The number of thiophene rings is 1. The molecule has 2 heterocycles. The van der Waals surface area contributed by atoms with Gasteiger partial charge in [-0.25, -0.2) is 4.79 Å². The minimum atomic E-state index is 0.0581. The number of urea groups is 1. The van der Waals surface area contributed by atoms with E-state index in [1.165, 1.54) is 50.5 Å². The number of nitrogens with one attached hydrogen (secondary N) is 2. The molecule has 0 spiro atoms. The Morgan fingerprint density at radius 1 is 1.20 bits per heavy atom. The van der Waals surface area contributed by atoms with E-state index in [-0.39, 0.29) is 11.6 Å². The molecule has 1 aromatic rings. The summed E-state index contributed by atoms with van der Waals surface area (Å²) in [5, 5.41) is 11.0. The molecule has 6 rings (SSSR count). The van der Waals surface area contributed by atoms with E-state index < -0.39 is 0 Å². The number of likely N-dealkylation sites (tertiary alicyclic amines) is 1. The first-order valence-corrected chi connectivity index (χ1v) is 11.0. The lowest BCUT2D eigenvalue weighted by molar-refractivity contribution is -0.0136. The van der Waals surface area contributed by atoms with Crippen LogP contribution in [-0.2, 0) is 0 Å². The Labute approximate surface area is 154 Å². The summed E-state index contributed by atoms with van der Waals surface area (Å²) in [6.07, 6.45) is 9.17. The van der Waals surface area contributed by atoms with E-state index >= 15 is 0 Å². The highest BCUT2D eigenvalue weighted by atomic mass is 32.1. The molecule has 25 heavy (non-hydrogen) atoms. The van der Waals surface area contributed by atoms with Crippen LogP contribution >= 0.6 is 11.3 Å². The van der Waals surface area contributed by atoms with E-state index in [2.05, 4.69) is 32.4 Å². The SMILES string of the molecule is O=C(NC[C@H](c1ccsc1)N1CCC1)NC12CC3CC(CC(C3)C1)C2. The first-order valence-electron chi connectivity index (χ1n) is 10.0. The summed E-state index contributed by atoms with van der Waals surface area (Å²) in [5.74, 6) is 2.60. The predicted molar refractivity (Wildman–Crippen MR) is 101 cm³/mol. The van der Waals surface area contributed by atoms with E-state index in [9.17, 15) is 4.79 Å². The highest BCUT2D eigenvalue weighted by Crippen LogP contribution is 2.55. The molecule has 0 aromatic carbocycles. The molecule has 136 valence electrons. The van der Waals surface area contributed by atoms with Gasteiger partial charge in [-0.05, 0) is 85.1 Å². The van der Waals surface area contributed by atoms with E-state index in [0.717, 1.165) is 37.4 Å². The molecule has 2 amide bonds. The molecule has 0 unspecified atom stereocenters. The third-order valence-corrected chi connectivity index (χ3v) is 7.83. The Bertz CT molecular complexity index is 590. The van der Waals surface area contributed by atoms with Gasteiger partial charge in [0.2, 0.25) is 0 Å². The van der Waals surface area contributed by atoms with Gasteiger partial charge in [0.25, 0.3) is 0 Å². The van der Waals surface area contributed by atoms with E-state index in [1.807, 2.05) is 0 Å². The zero-order chi connectivity index (χ0) is 16.9. The zero-order valence-electron chi connectivity index (χ0n) is 14.9. The second-order valence-electron chi connectivity index (χ2n) is 8.99. The van der Waals surface area contributed by atoms with Gasteiger partial charge in [0, 0.05) is 25.2 Å². The van der Waals surface area contributed by atoms with Crippen LogP contribution in [0.15, 0.2) is 16.8 Å². The van der Waals surface area contributed by atoms with Crippen molar-refractivity contribution < 1.29 is 4.79 Å². The summed E-state index contributed by atoms with van der Waals surface area (Å²) in [4.78, 5) is 15.2. The molecule has 1 aromatic heterocycles. The zero-order valence-corrected chi connectivity index (χ0v) is 15.7. The number of rotatable bonds is 5. The van der Waals surface area contributed by atoms with Gasteiger partial charge in [-0.1, -0.05) is 0 Å². The van der Waals surface area contributed by atoms with Crippen molar-refractivity contribution >= 4 is 17.4 Å². The fourth-order valence-corrected chi connectivity index (χ4v) is 7.02. The summed E-state index contributed by atoms with van der Waals surface area (Å²) >= 11 is 1.74. The maximum Gasteiger partial charge on any atom is 0.315 e. The van der Waals surface area contributed by atoms with Gasteiger partial charge in [0.15, 0.2) is 0 Å². The predicted octanol–water partition coefficient (Wildman–Crippen LogP) is 3.76. The van der Waals surface area contributed by atoms with Crippen molar-refractivity contribution in [3.05, 3.63) is 22.4 Å². The average molecular weight is 360 g/mol. The molecule has 5 heteroatoms. The summed E-state index contributed by atoms with van der Waals surface area (Å²) in [5.41, 5.74) is 1.45. The van der Waals surface area contributed by atoms with Crippen molar-refractivity contribution in [1.82, 2.24) is 15.5 Å². The van der Waals surface area contributed by atoms with Crippen molar-refractivity contribution in [3.63, 3.8) is 0 Å². The number of nitrogens with zero attached hydrogens (tertiary/aromatic N) is 1. The molecule has 5 aliphatic rings. The van der Waals surface area contributed by atoms with Gasteiger partial charge in [-0.3, -0.25) is 4.90 Å². The molecule has 2 N–H and O–H groups in total. The standard InChI is InChI=1S/C20H29N3OS/c24-19(21-12-18(23-3-1-4-23)17-2-5-25-13-17)22-20-9-14-6-15(10-20)8-16(7-14)11-20/h2,5,13-16,18H,1,3-4,6-12H2,(H2,21,22,24)/t14?,15?,16?,18-,20?/m1/s1. The van der Waals surface area contributed by atoms with E-state index in [0.29, 0.717) is 6.04 Å². The van der Waals surface area contributed by atoms with Crippen LogP contribution in [0.2, 0.25) is 0 Å². The molecular weight excluding hydrogens is 330 g/mol. The second kappa shape index (κ2) is 6.27. The minimum absolute atomic E-state index is 0.0581. The average Bonchev–Trinajstić information content (AvgIpc) is 3.01. The lowest BCUT2D eigenvalue weighted by Crippen LogP contribution is -2.61. The summed E-state index contributed by atoms with van der Waals surface area (Å²) in [6, 6.07) is 2.59. The van der Waals surface area contributed by atoms with Crippen LogP contribution < -0.4 is 10.6 Å². The van der Waals surface area contributed by atoms with Crippen molar-refractivity contribution in [2.75, 3.05) is 19.6 Å². The Morgan fingerprint density at radius 2 is 1.88 bits per heavy atom. The number of amides is 2. The third-order valence-electron chi connectivity index (χ3n) is 7.13. The lowest BCUT2D eigenvalue weighted by atomic mass is 9.53. The molecule has 4 nitrogen and oxygen atoms in total. The minimum Gasteiger partial charge on any atom is -0.336 e. The van der Waals surface area contributed by atoms with Crippen LogP contribution in [0.25, 0.3) is 0 Å². The molecular formula is C20H29N3OS. The number of carbonyl (C=O) groups excluding carboxylic acids is 1. The molecule has 1 aliphatic heterocycles. The third kappa shape index (κ3) is 3.10. The molecule has 4 saturated carbocycles. The summed E-state index contributed by atoms with van der Waals surface area (Å²) in [6.45, 7) is 3.02. The van der Waals surface area contributed by atoms with Crippen molar-refractivity contribution in [1.29, 1.82) is 0 Å². The first kappa shape index (κ1) is 16.1. The van der Waals surface area contributed by atoms with Crippen molar-refractivity contribution in [2.45, 2.75) is 56.5 Å². The molecule has 0 radical (unpaired) electrons. The Hall–Kier alpha value is -1.07. The molecule has 4 aliphatic carbocycles. The fourth-order valence-electron chi connectivity index (χ4n) is 6.31. The maximum absolute atomic E-state index is 12.7.